The highest BCUT2D eigenvalue weighted by molar-refractivity contribution is 5.90. The van der Waals surface area contributed by atoms with Gasteiger partial charge in [-0.3, -0.25) is 24.2 Å². The minimum Gasteiger partial charge on any atom is -0.407 e. The van der Waals surface area contributed by atoms with Crippen molar-refractivity contribution in [2.75, 3.05) is 5.32 Å². The first-order valence-electron chi connectivity index (χ1n) is 8.35. The second-order valence-corrected chi connectivity index (χ2v) is 6.26. The molecule has 0 fully saturated rings. The van der Waals surface area contributed by atoms with Gasteiger partial charge in [0.25, 0.3) is 5.69 Å². The Morgan fingerprint density at radius 1 is 1.37 bits per heavy atom. The maximum atomic E-state index is 12.2. The van der Waals surface area contributed by atoms with Crippen molar-refractivity contribution in [1.82, 2.24) is 14.3 Å². The van der Waals surface area contributed by atoms with Crippen molar-refractivity contribution in [2.45, 2.75) is 33.2 Å². The van der Waals surface area contributed by atoms with Gasteiger partial charge in [-0.15, -0.1) is 0 Å². The number of amides is 1. The number of nitrogens with one attached hydrogen (secondary N) is 1. The molecule has 0 unspecified atom stereocenters. The standard InChI is InChI=1S/C17H19N5O5/c1-10-11(2)19-20(3)16(10)18-15(23)5-4-8-21-13-7-6-12(22(25)26)9-14(13)27-17(21)24/h6-7,9H,4-5,8H2,1-3H3,(H,18,23). The highest BCUT2D eigenvalue weighted by Crippen LogP contribution is 2.21. The Hall–Kier alpha value is -3.43. The van der Waals surface area contributed by atoms with E-state index in [4.69, 9.17) is 4.42 Å². The van der Waals surface area contributed by atoms with E-state index in [2.05, 4.69) is 10.4 Å². The van der Waals surface area contributed by atoms with Crippen LogP contribution in [0.2, 0.25) is 0 Å². The number of non-ortho nitro benzene ring substituents is 1. The molecule has 0 atom stereocenters. The second-order valence-electron chi connectivity index (χ2n) is 6.26. The molecule has 0 aliphatic rings. The fraction of sp³-hybridized carbons (Fsp3) is 0.353. The van der Waals surface area contributed by atoms with Gasteiger partial charge in [0.1, 0.15) is 5.82 Å². The zero-order valence-corrected chi connectivity index (χ0v) is 15.2. The lowest BCUT2D eigenvalue weighted by molar-refractivity contribution is -0.384. The number of hydrogen-bond acceptors (Lipinski definition) is 6. The summed E-state index contributed by atoms with van der Waals surface area (Å²) in [5.74, 6) is -0.141. The van der Waals surface area contributed by atoms with Gasteiger partial charge in [-0.1, -0.05) is 0 Å². The number of fused-ring (bicyclic) bond motifs is 1. The molecule has 10 nitrogen and oxygen atoms in total. The third-order valence-electron chi connectivity index (χ3n) is 4.43. The van der Waals surface area contributed by atoms with Crippen molar-refractivity contribution < 1.29 is 14.1 Å². The van der Waals surface area contributed by atoms with Crippen LogP contribution in [0.3, 0.4) is 0 Å². The average Bonchev–Trinajstić information content (AvgIpc) is 3.04. The fourth-order valence-corrected chi connectivity index (χ4v) is 2.91. The van der Waals surface area contributed by atoms with Crippen LogP contribution < -0.4 is 11.1 Å². The van der Waals surface area contributed by atoms with E-state index in [1.807, 2.05) is 13.8 Å². The summed E-state index contributed by atoms with van der Waals surface area (Å²) in [5.41, 5.74) is 2.22. The van der Waals surface area contributed by atoms with Crippen molar-refractivity contribution in [3.63, 3.8) is 0 Å². The Balaban J connectivity index is 1.66. The smallest absolute Gasteiger partial charge is 0.407 e. The largest absolute Gasteiger partial charge is 0.419 e. The molecule has 0 radical (unpaired) electrons. The Kier molecular flexibility index (Phi) is 4.80. The van der Waals surface area contributed by atoms with Crippen LogP contribution in [0.25, 0.3) is 11.1 Å². The first-order chi connectivity index (χ1) is 12.8. The molecule has 3 rings (SSSR count). The molecule has 2 heterocycles. The highest BCUT2D eigenvalue weighted by Gasteiger charge is 2.15. The first-order valence-corrected chi connectivity index (χ1v) is 8.35. The van der Waals surface area contributed by atoms with Gasteiger partial charge in [0, 0.05) is 31.6 Å². The topological polar surface area (TPSA) is 125 Å². The van der Waals surface area contributed by atoms with Gasteiger partial charge in [-0.2, -0.15) is 5.10 Å². The molecule has 0 spiro atoms. The van der Waals surface area contributed by atoms with Gasteiger partial charge >= 0.3 is 5.76 Å². The fourth-order valence-electron chi connectivity index (χ4n) is 2.91. The third-order valence-corrected chi connectivity index (χ3v) is 4.43. The molecule has 1 N–H and O–H groups in total. The van der Waals surface area contributed by atoms with E-state index < -0.39 is 10.7 Å². The number of oxazole rings is 1. The normalized spacial score (nSPS) is 11.1. The van der Waals surface area contributed by atoms with Gasteiger partial charge < -0.3 is 9.73 Å². The highest BCUT2D eigenvalue weighted by atomic mass is 16.6. The predicted octanol–water partition coefficient (Wildman–Crippen LogP) is 2.27. The van der Waals surface area contributed by atoms with Crippen LogP contribution in [0.15, 0.2) is 27.4 Å². The molecule has 0 saturated carbocycles. The predicted molar refractivity (Wildman–Crippen MR) is 97.7 cm³/mol. The number of nitro benzene ring substituents is 1. The number of aromatic nitrogens is 3. The summed E-state index contributed by atoms with van der Waals surface area (Å²) in [6.45, 7) is 4.01. The molecule has 27 heavy (non-hydrogen) atoms. The summed E-state index contributed by atoms with van der Waals surface area (Å²) in [6.07, 6.45) is 0.614. The zero-order chi connectivity index (χ0) is 19.7. The quantitative estimate of drug-likeness (QED) is 0.522. The zero-order valence-electron chi connectivity index (χ0n) is 15.2. The van der Waals surface area contributed by atoms with E-state index in [1.54, 1.807) is 11.7 Å². The van der Waals surface area contributed by atoms with Crippen molar-refractivity contribution >= 4 is 28.5 Å². The summed E-state index contributed by atoms with van der Waals surface area (Å²) in [4.78, 5) is 34.4. The molecule has 3 aromatic rings. The van der Waals surface area contributed by atoms with Crippen LogP contribution in [0, 0.1) is 24.0 Å². The van der Waals surface area contributed by atoms with E-state index in [-0.39, 0.29) is 30.1 Å². The summed E-state index contributed by atoms with van der Waals surface area (Å²) in [6, 6.07) is 4.00. The molecule has 1 amide bonds. The second kappa shape index (κ2) is 7.06. The third kappa shape index (κ3) is 3.59. The number of benzene rings is 1. The van der Waals surface area contributed by atoms with Crippen LogP contribution in [-0.4, -0.2) is 25.2 Å². The van der Waals surface area contributed by atoms with Crippen LogP contribution >= 0.6 is 0 Å². The lowest BCUT2D eigenvalue weighted by atomic mass is 10.2. The number of aryl methyl sites for hydroxylation is 3. The Labute approximate surface area is 153 Å². The van der Waals surface area contributed by atoms with Gasteiger partial charge in [0.2, 0.25) is 5.91 Å². The molecule has 2 aromatic heterocycles. The molecular formula is C17H19N5O5. The number of rotatable bonds is 6. The van der Waals surface area contributed by atoms with Crippen molar-refractivity contribution in [1.29, 1.82) is 0 Å². The number of nitro groups is 1. The number of carbonyl (C=O) groups excluding carboxylic acids is 1. The van der Waals surface area contributed by atoms with Gasteiger partial charge in [-0.05, 0) is 26.3 Å². The summed E-state index contributed by atoms with van der Waals surface area (Å²) in [7, 11) is 1.76. The van der Waals surface area contributed by atoms with Crippen LogP contribution in [0.5, 0.6) is 0 Å². The van der Waals surface area contributed by atoms with Crippen molar-refractivity contribution in [3.8, 4) is 0 Å². The van der Waals surface area contributed by atoms with Crippen LogP contribution in [0.1, 0.15) is 24.1 Å². The molecule has 0 aliphatic carbocycles. The molecule has 142 valence electrons. The Morgan fingerprint density at radius 3 is 2.74 bits per heavy atom. The lowest BCUT2D eigenvalue weighted by Crippen LogP contribution is -2.18. The first kappa shape index (κ1) is 18.4. The lowest BCUT2D eigenvalue weighted by Gasteiger charge is -2.07. The van der Waals surface area contributed by atoms with Crippen molar-refractivity contribution in [2.24, 2.45) is 7.05 Å². The SMILES string of the molecule is Cc1nn(C)c(NC(=O)CCCn2c(=O)oc3cc([N+](=O)[O-])ccc32)c1C. The number of nitrogens with zero attached hydrogens (tertiary/aromatic N) is 4. The minimum absolute atomic E-state index is 0.149. The van der Waals surface area contributed by atoms with E-state index >= 15 is 0 Å². The van der Waals surface area contributed by atoms with E-state index in [9.17, 15) is 19.7 Å². The molecule has 1 aromatic carbocycles. The van der Waals surface area contributed by atoms with Gasteiger partial charge in [0.05, 0.1) is 22.2 Å². The molecule has 0 bridgehead atoms. The van der Waals surface area contributed by atoms with Gasteiger partial charge in [0.15, 0.2) is 5.58 Å². The summed E-state index contributed by atoms with van der Waals surface area (Å²) < 4.78 is 8.05. The van der Waals surface area contributed by atoms with E-state index in [0.29, 0.717) is 17.8 Å². The minimum atomic E-state index is -0.607. The molecule has 0 aliphatic heterocycles. The number of carbonyl (C=O) groups is 1. The molecular weight excluding hydrogens is 354 g/mol. The number of anilines is 1. The Bertz CT molecular complexity index is 1090. The molecule has 0 saturated heterocycles. The average molecular weight is 373 g/mol. The summed E-state index contributed by atoms with van der Waals surface area (Å²) in [5, 5.41) is 17.9. The molecule has 10 heteroatoms. The van der Waals surface area contributed by atoms with Crippen LogP contribution in [0.4, 0.5) is 11.5 Å². The van der Waals surface area contributed by atoms with Gasteiger partial charge in [-0.25, -0.2) is 4.79 Å². The van der Waals surface area contributed by atoms with Crippen molar-refractivity contribution in [3.05, 3.63) is 50.1 Å². The summed E-state index contributed by atoms with van der Waals surface area (Å²) >= 11 is 0. The maximum absolute atomic E-state index is 12.2. The Morgan fingerprint density at radius 2 is 2.11 bits per heavy atom. The van der Waals surface area contributed by atoms with E-state index in [0.717, 1.165) is 11.3 Å². The van der Waals surface area contributed by atoms with Crippen LogP contribution in [-0.2, 0) is 18.4 Å². The number of hydrogen-bond donors (Lipinski definition) is 1. The monoisotopic (exact) mass is 373 g/mol. The maximum Gasteiger partial charge on any atom is 0.419 e. The van der Waals surface area contributed by atoms with E-state index in [1.165, 1.54) is 22.8 Å².